The summed E-state index contributed by atoms with van der Waals surface area (Å²) < 4.78 is 26.9. The van der Waals surface area contributed by atoms with Crippen LogP contribution in [0, 0.1) is 5.92 Å². The number of rotatable bonds is 8. The quantitative estimate of drug-likeness (QED) is 0.493. The van der Waals surface area contributed by atoms with Crippen LogP contribution in [0.1, 0.15) is 29.1 Å². The lowest BCUT2D eigenvalue weighted by molar-refractivity contribution is 0.0686. The molecule has 180 valence electrons. The van der Waals surface area contributed by atoms with E-state index in [1.807, 2.05) is 29.2 Å². The number of ether oxygens (including phenoxy) is 4. The molecule has 0 N–H and O–H groups in total. The number of nitrogens with zero attached hydrogens (tertiary/aromatic N) is 3. The zero-order valence-electron chi connectivity index (χ0n) is 19.9. The van der Waals surface area contributed by atoms with Crippen molar-refractivity contribution in [2.75, 3.05) is 41.5 Å². The van der Waals surface area contributed by atoms with Gasteiger partial charge in [-0.05, 0) is 43.0 Å². The number of carbonyl (C=O) groups excluding carboxylic acids is 1. The molecule has 1 amide bonds. The lowest BCUT2D eigenvalue weighted by atomic mass is 9.93. The minimum atomic E-state index is -0.0594. The van der Waals surface area contributed by atoms with E-state index < -0.39 is 0 Å². The van der Waals surface area contributed by atoms with Crippen molar-refractivity contribution in [3.8, 4) is 34.4 Å². The molecule has 2 heterocycles. The summed E-state index contributed by atoms with van der Waals surface area (Å²) in [5.41, 5.74) is 1.35. The Bertz CT molecular complexity index is 1110. The molecule has 0 saturated carbocycles. The summed E-state index contributed by atoms with van der Waals surface area (Å²) in [6, 6.07) is 10.9. The van der Waals surface area contributed by atoms with E-state index in [1.165, 1.54) is 21.3 Å². The second-order valence-electron chi connectivity index (χ2n) is 8.10. The third-order valence-electron chi connectivity index (χ3n) is 6.07. The van der Waals surface area contributed by atoms with Gasteiger partial charge in [0.1, 0.15) is 5.75 Å². The molecule has 1 fully saturated rings. The Morgan fingerprint density at radius 2 is 1.71 bits per heavy atom. The van der Waals surface area contributed by atoms with Crippen LogP contribution in [0.5, 0.6) is 23.0 Å². The van der Waals surface area contributed by atoms with Gasteiger partial charge >= 0.3 is 0 Å². The number of hydrogen-bond acceptors (Lipinski definition) is 8. The largest absolute Gasteiger partial charge is 0.497 e. The van der Waals surface area contributed by atoms with E-state index in [-0.39, 0.29) is 5.91 Å². The lowest BCUT2D eigenvalue weighted by Gasteiger charge is -2.31. The number of methoxy groups -OCH3 is 4. The summed E-state index contributed by atoms with van der Waals surface area (Å²) in [5, 5.41) is 4.12. The summed E-state index contributed by atoms with van der Waals surface area (Å²) in [4.78, 5) is 19.5. The van der Waals surface area contributed by atoms with Gasteiger partial charge in [0, 0.05) is 30.6 Å². The molecule has 0 atom stereocenters. The van der Waals surface area contributed by atoms with Crippen LogP contribution in [0.3, 0.4) is 0 Å². The van der Waals surface area contributed by atoms with Gasteiger partial charge < -0.3 is 28.4 Å². The van der Waals surface area contributed by atoms with E-state index in [9.17, 15) is 4.79 Å². The molecule has 9 heteroatoms. The van der Waals surface area contributed by atoms with E-state index in [0.29, 0.717) is 60.0 Å². The Balaban J connectivity index is 1.37. The molecule has 34 heavy (non-hydrogen) atoms. The molecule has 1 aliphatic rings. The van der Waals surface area contributed by atoms with Crippen molar-refractivity contribution in [2.24, 2.45) is 5.92 Å². The minimum absolute atomic E-state index is 0.0594. The van der Waals surface area contributed by atoms with Crippen molar-refractivity contribution in [1.29, 1.82) is 0 Å². The van der Waals surface area contributed by atoms with Crippen LogP contribution in [0.2, 0.25) is 0 Å². The van der Waals surface area contributed by atoms with Crippen LogP contribution >= 0.6 is 0 Å². The lowest BCUT2D eigenvalue weighted by Crippen LogP contribution is -2.39. The molecular formula is C25H29N3O6. The van der Waals surface area contributed by atoms with Gasteiger partial charge in [-0.25, -0.2) is 0 Å². The van der Waals surface area contributed by atoms with Crippen molar-refractivity contribution in [3.63, 3.8) is 0 Å². The average molecular weight is 468 g/mol. The molecule has 0 radical (unpaired) electrons. The highest BCUT2D eigenvalue weighted by Crippen LogP contribution is 2.38. The zero-order chi connectivity index (χ0) is 24.1. The maximum Gasteiger partial charge on any atom is 0.254 e. The van der Waals surface area contributed by atoms with Crippen LogP contribution in [0.15, 0.2) is 40.9 Å². The first-order valence-electron chi connectivity index (χ1n) is 11.1. The van der Waals surface area contributed by atoms with Gasteiger partial charge in [0.25, 0.3) is 5.91 Å². The molecule has 0 spiro atoms. The van der Waals surface area contributed by atoms with Crippen molar-refractivity contribution < 1.29 is 28.3 Å². The molecular weight excluding hydrogens is 438 g/mol. The Labute approximate surface area is 198 Å². The minimum Gasteiger partial charge on any atom is -0.497 e. The number of aromatic nitrogens is 2. The summed E-state index contributed by atoms with van der Waals surface area (Å²) in [6.07, 6.45) is 2.39. The second kappa shape index (κ2) is 10.5. The first-order chi connectivity index (χ1) is 16.6. The standard InChI is InChI=1S/C25H29N3O6/c1-30-19-7-5-6-17(13-19)24-26-22(34-27-24)12-16-8-10-28(11-9-16)25(29)18-14-20(31-2)23(33-4)21(15-18)32-3/h5-7,13-16H,8-12H2,1-4H3. The van der Waals surface area contributed by atoms with Gasteiger partial charge in [0.05, 0.1) is 28.4 Å². The predicted octanol–water partition coefficient (Wildman–Crippen LogP) is 3.87. The van der Waals surface area contributed by atoms with Crippen molar-refractivity contribution in [3.05, 3.63) is 47.9 Å². The molecule has 0 bridgehead atoms. The second-order valence-corrected chi connectivity index (χ2v) is 8.10. The first kappa shape index (κ1) is 23.4. The number of hydrogen-bond donors (Lipinski definition) is 0. The van der Waals surface area contributed by atoms with E-state index in [0.717, 1.165) is 24.2 Å². The molecule has 9 nitrogen and oxygen atoms in total. The SMILES string of the molecule is COc1cccc(-c2noc(CC3CCN(C(=O)c4cc(OC)c(OC)c(OC)c4)CC3)n2)c1. The Hall–Kier alpha value is -3.75. The summed E-state index contributed by atoms with van der Waals surface area (Å²) in [5.74, 6) is 3.59. The van der Waals surface area contributed by atoms with Crippen LogP contribution in [-0.4, -0.2) is 62.5 Å². The van der Waals surface area contributed by atoms with Crippen LogP contribution in [0.25, 0.3) is 11.4 Å². The van der Waals surface area contributed by atoms with Crippen molar-refractivity contribution in [1.82, 2.24) is 15.0 Å². The topological polar surface area (TPSA) is 96.2 Å². The van der Waals surface area contributed by atoms with Crippen molar-refractivity contribution >= 4 is 5.91 Å². The third kappa shape index (κ3) is 4.93. The fourth-order valence-electron chi connectivity index (χ4n) is 4.19. The molecule has 3 aromatic rings. The molecule has 1 aromatic heterocycles. The summed E-state index contributed by atoms with van der Waals surface area (Å²) in [7, 11) is 6.23. The van der Waals surface area contributed by atoms with Crippen molar-refractivity contribution in [2.45, 2.75) is 19.3 Å². The number of likely N-dealkylation sites (tertiary alicyclic amines) is 1. The predicted molar refractivity (Wildman–Crippen MR) is 125 cm³/mol. The normalized spacial score (nSPS) is 14.1. The first-order valence-corrected chi connectivity index (χ1v) is 11.1. The van der Waals surface area contributed by atoms with E-state index >= 15 is 0 Å². The number of carbonyl (C=O) groups is 1. The molecule has 1 saturated heterocycles. The highest BCUT2D eigenvalue weighted by atomic mass is 16.5. The fourth-order valence-corrected chi connectivity index (χ4v) is 4.19. The Kier molecular flexibility index (Phi) is 7.20. The van der Waals surface area contributed by atoms with Gasteiger partial charge in [-0.1, -0.05) is 17.3 Å². The maximum absolute atomic E-state index is 13.1. The van der Waals surface area contributed by atoms with Crippen LogP contribution in [0.4, 0.5) is 0 Å². The van der Waals surface area contributed by atoms with E-state index in [1.54, 1.807) is 19.2 Å². The smallest absolute Gasteiger partial charge is 0.254 e. The van der Waals surface area contributed by atoms with Gasteiger partial charge in [-0.3, -0.25) is 4.79 Å². The van der Waals surface area contributed by atoms with Crippen LogP contribution < -0.4 is 18.9 Å². The van der Waals surface area contributed by atoms with E-state index in [4.69, 9.17) is 23.5 Å². The number of benzene rings is 2. The molecule has 1 aliphatic heterocycles. The maximum atomic E-state index is 13.1. The van der Waals surface area contributed by atoms with Gasteiger partial charge in [0.2, 0.25) is 17.5 Å². The molecule has 0 aliphatic carbocycles. The van der Waals surface area contributed by atoms with Gasteiger partial charge in [-0.2, -0.15) is 4.98 Å². The van der Waals surface area contributed by atoms with Gasteiger partial charge in [0.15, 0.2) is 11.5 Å². The Morgan fingerprint density at radius 1 is 1.00 bits per heavy atom. The van der Waals surface area contributed by atoms with Crippen LogP contribution in [-0.2, 0) is 6.42 Å². The molecule has 4 rings (SSSR count). The Morgan fingerprint density at radius 3 is 2.32 bits per heavy atom. The monoisotopic (exact) mass is 467 g/mol. The fraction of sp³-hybridized carbons (Fsp3) is 0.400. The van der Waals surface area contributed by atoms with E-state index in [2.05, 4.69) is 10.1 Å². The zero-order valence-corrected chi connectivity index (χ0v) is 19.9. The average Bonchev–Trinajstić information content (AvgIpc) is 3.36. The van der Waals surface area contributed by atoms with Gasteiger partial charge in [-0.15, -0.1) is 0 Å². The third-order valence-corrected chi connectivity index (χ3v) is 6.07. The molecule has 0 unspecified atom stereocenters. The summed E-state index contributed by atoms with van der Waals surface area (Å²) in [6.45, 7) is 1.30. The highest BCUT2D eigenvalue weighted by molar-refractivity contribution is 5.95. The molecule has 2 aromatic carbocycles. The number of piperidine rings is 1. The number of amides is 1. The highest BCUT2D eigenvalue weighted by Gasteiger charge is 2.27. The summed E-state index contributed by atoms with van der Waals surface area (Å²) >= 11 is 0.